The van der Waals surface area contributed by atoms with Crippen LogP contribution in [0.2, 0.25) is 5.02 Å². The minimum absolute atomic E-state index is 0.0640. The van der Waals surface area contributed by atoms with Crippen LogP contribution in [0.3, 0.4) is 0 Å². The zero-order valence-corrected chi connectivity index (χ0v) is 17.6. The second-order valence-corrected chi connectivity index (χ2v) is 9.36. The van der Waals surface area contributed by atoms with Gasteiger partial charge in [0.1, 0.15) is 5.82 Å². The summed E-state index contributed by atoms with van der Waals surface area (Å²) < 4.78 is 41.7. The molecule has 5 nitrogen and oxygen atoms in total. The SMILES string of the molecule is Cc1cc(C)c(S(=O)(=O)N2CCN(C(=O)c3ccc(Cl)cc3F)CC2)c(C)c1. The van der Waals surface area contributed by atoms with E-state index in [0.717, 1.165) is 11.6 Å². The lowest BCUT2D eigenvalue weighted by Gasteiger charge is -2.34. The van der Waals surface area contributed by atoms with Gasteiger partial charge in [-0.3, -0.25) is 4.79 Å². The van der Waals surface area contributed by atoms with Crippen molar-refractivity contribution < 1.29 is 17.6 Å². The lowest BCUT2D eigenvalue weighted by atomic mass is 10.1. The lowest BCUT2D eigenvalue weighted by molar-refractivity contribution is 0.0693. The molecule has 0 bridgehead atoms. The number of sulfonamides is 1. The van der Waals surface area contributed by atoms with E-state index < -0.39 is 21.7 Å². The van der Waals surface area contributed by atoms with Gasteiger partial charge < -0.3 is 4.90 Å². The van der Waals surface area contributed by atoms with Crippen LogP contribution in [0, 0.1) is 26.6 Å². The number of halogens is 2. The zero-order chi connectivity index (χ0) is 20.6. The van der Waals surface area contributed by atoms with Gasteiger partial charge in [-0.25, -0.2) is 12.8 Å². The van der Waals surface area contributed by atoms with E-state index in [0.29, 0.717) is 16.0 Å². The maximum absolute atomic E-state index is 14.0. The largest absolute Gasteiger partial charge is 0.336 e. The monoisotopic (exact) mass is 424 g/mol. The number of nitrogens with zero attached hydrogens (tertiary/aromatic N) is 2. The van der Waals surface area contributed by atoms with Gasteiger partial charge in [0.05, 0.1) is 10.5 Å². The summed E-state index contributed by atoms with van der Waals surface area (Å²) in [6.45, 7) is 6.23. The van der Waals surface area contributed by atoms with Gasteiger partial charge in [-0.15, -0.1) is 0 Å². The minimum Gasteiger partial charge on any atom is -0.336 e. The topological polar surface area (TPSA) is 57.7 Å². The van der Waals surface area contributed by atoms with Crippen LogP contribution in [0.1, 0.15) is 27.0 Å². The molecule has 0 spiro atoms. The Hall–Kier alpha value is -1.96. The molecule has 1 aliphatic rings. The number of aryl methyl sites for hydroxylation is 3. The molecule has 150 valence electrons. The van der Waals surface area contributed by atoms with Gasteiger partial charge >= 0.3 is 0 Å². The van der Waals surface area contributed by atoms with Crippen LogP contribution in [0.15, 0.2) is 35.2 Å². The molecule has 0 aliphatic carbocycles. The van der Waals surface area contributed by atoms with E-state index in [2.05, 4.69) is 0 Å². The maximum Gasteiger partial charge on any atom is 0.256 e. The standard InChI is InChI=1S/C20H22ClFN2O3S/c1-13-10-14(2)19(15(3)11-13)28(26,27)24-8-6-23(7-9-24)20(25)17-5-4-16(21)12-18(17)22/h4-5,10-12H,6-9H2,1-3H3. The summed E-state index contributed by atoms with van der Waals surface area (Å²) in [6, 6.07) is 7.61. The summed E-state index contributed by atoms with van der Waals surface area (Å²) in [6.07, 6.45) is 0. The number of benzene rings is 2. The van der Waals surface area contributed by atoms with Crippen molar-refractivity contribution in [1.82, 2.24) is 9.21 Å². The van der Waals surface area contributed by atoms with Gasteiger partial charge in [0.25, 0.3) is 5.91 Å². The molecule has 0 aromatic heterocycles. The highest BCUT2D eigenvalue weighted by atomic mass is 35.5. The summed E-state index contributed by atoms with van der Waals surface area (Å²) in [7, 11) is -3.66. The quantitative estimate of drug-likeness (QED) is 0.757. The van der Waals surface area contributed by atoms with Crippen molar-refractivity contribution >= 4 is 27.5 Å². The molecule has 0 N–H and O–H groups in total. The number of carbonyl (C=O) groups excluding carboxylic acids is 1. The molecule has 28 heavy (non-hydrogen) atoms. The summed E-state index contributed by atoms with van der Waals surface area (Å²) in [4.78, 5) is 14.4. The first-order valence-electron chi connectivity index (χ1n) is 8.93. The van der Waals surface area contributed by atoms with E-state index in [1.165, 1.54) is 21.3 Å². The molecule has 0 saturated carbocycles. The first-order valence-corrected chi connectivity index (χ1v) is 10.8. The zero-order valence-electron chi connectivity index (χ0n) is 16.0. The van der Waals surface area contributed by atoms with Gasteiger partial charge in [-0.1, -0.05) is 29.3 Å². The van der Waals surface area contributed by atoms with Crippen molar-refractivity contribution in [2.24, 2.45) is 0 Å². The maximum atomic E-state index is 14.0. The molecule has 0 unspecified atom stereocenters. The smallest absolute Gasteiger partial charge is 0.256 e. The molecular weight excluding hydrogens is 403 g/mol. The fraction of sp³-hybridized carbons (Fsp3) is 0.350. The van der Waals surface area contributed by atoms with Crippen LogP contribution in [-0.2, 0) is 10.0 Å². The van der Waals surface area contributed by atoms with Crippen LogP contribution >= 0.6 is 11.6 Å². The fourth-order valence-electron chi connectivity index (χ4n) is 3.67. The molecule has 0 atom stereocenters. The summed E-state index contributed by atoms with van der Waals surface area (Å²) in [5, 5.41) is 0.216. The second kappa shape index (κ2) is 7.81. The molecule has 3 rings (SSSR count). The Morgan fingerprint density at radius 1 is 1.00 bits per heavy atom. The number of hydrogen-bond donors (Lipinski definition) is 0. The van der Waals surface area contributed by atoms with Crippen molar-refractivity contribution in [1.29, 1.82) is 0 Å². The van der Waals surface area contributed by atoms with Crippen molar-refractivity contribution in [3.8, 4) is 0 Å². The highest BCUT2D eigenvalue weighted by Gasteiger charge is 2.32. The number of hydrogen-bond acceptors (Lipinski definition) is 3. The Bertz CT molecular complexity index is 1010. The summed E-state index contributed by atoms with van der Waals surface area (Å²) in [5.41, 5.74) is 2.36. The van der Waals surface area contributed by atoms with E-state index in [1.807, 2.05) is 19.1 Å². The van der Waals surface area contributed by atoms with Gasteiger partial charge in [0.2, 0.25) is 10.0 Å². The molecule has 2 aromatic rings. The number of amides is 1. The van der Waals surface area contributed by atoms with E-state index in [1.54, 1.807) is 13.8 Å². The van der Waals surface area contributed by atoms with Gasteiger partial charge in [0, 0.05) is 31.2 Å². The van der Waals surface area contributed by atoms with Crippen molar-refractivity contribution in [2.75, 3.05) is 26.2 Å². The predicted octanol–water partition coefficient (Wildman–Crippen LogP) is 3.55. The molecule has 2 aromatic carbocycles. The molecule has 8 heteroatoms. The molecule has 1 aliphatic heterocycles. The average Bonchev–Trinajstić information content (AvgIpc) is 2.60. The molecule has 0 radical (unpaired) electrons. The fourth-order valence-corrected chi connectivity index (χ4v) is 5.66. The van der Waals surface area contributed by atoms with Crippen LogP contribution in [0.25, 0.3) is 0 Å². The van der Waals surface area contributed by atoms with E-state index in [-0.39, 0.29) is 36.8 Å². The highest BCUT2D eigenvalue weighted by Crippen LogP contribution is 2.26. The van der Waals surface area contributed by atoms with Crippen LogP contribution < -0.4 is 0 Å². The average molecular weight is 425 g/mol. The summed E-state index contributed by atoms with van der Waals surface area (Å²) >= 11 is 5.73. The Morgan fingerprint density at radius 2 is 1.57 bits per heavy atom. The molecule has 1 fully saturated rings. The Labute approximate surface area is 169 Å². The molecule has 1 saturated heterocycles. The number of rotatable bonds is 3. The first-order chi connectivity index (χ1) is 13.1. The van der Waals surface area contributed by atoms with Gasteiger partial charge in [0.15, 0.2) is 0 Å². The third-order valence-corrected chi connectivity index (χ3v) is 7.33. The lowest BCUT2D eigenvalue weighted by Crippen LogP contribution is -2.50. The van der Waals surface area contributed by atoms with Crippen LogP contribution in [0.5, 0.6) is 0 Å². The van der Waals surface area contributed by atoms with E-state index in [4.69, 9.17) is 11.6 Å². The van der Waals surface area contributed by atoms with Crippen molar-refractivity contribution in [3.05, 3.63) is 63.4 Å². The summed E-state index contributed by atoms with van der Waals surface area (Å²) in [5.74, 6) is -1.15. The first kappa shape index (κ1) is 20.8. The van der Waals surface area contributed by atoms with Gasteiger partial charge in [-0.2, -0.15) is 4.31 Å². The normalized spacial score (nSPS) is 15.7. The highest BCUT2D eigenvalue weighted by molar-refractivity contribution is 7.89. The Kier molecular flexibility index (Phi) is 5.79. The van der Waals surface area contributed by atoms with Crippen molar-refractivity contribution in [3.63, 3.8) is 0 Å². The van der Waals surface area contributed by atoms with Crippen LogP contribution in [-0.4, -0.2) is 49.7 Å². The predicted molar refractivity (Wildman–Crippen MR) is 107 cm³/mol. The third-order valence-electron chi connectivity index (χ3n) is 4.89. The van der Waals surface area contributed by atoms with E-state index >= 15 is 0 Å². The van der Waals surface area contributed by atoms with E-state index in [9.17, 15) is 17.6 Å². The van der Waals surface area contributed by atoms with Gasteiger partial charge in [-0.05, 0) is 50.1 Å². The van der Waals surface area contributed by atoms with Crippen LogP contribution in [0.4, 0.5) is 4.39 Å². The second-order valence-electron chi connectivity index (χ2n) is 7.05. The third kappa shape index (κ3) is 3.92. The molecular formula is C20H22ClFN2O3S. The minimum atomic E-state index is -3.66. The Balaban J connectivity index is 1.77. The number of carbonyl (C=O) groups is 1. The van der Waals surface area contributed by atoms with Crippen molar-refractivity contribution in [2.45, 2.75) is 25.7 Å². The molecule has 1 heterocycles. The number of piperazine rings is 1. The molecule has 1 amide bonds. The Morgan fingerprint density at radius 3 is 2.11 bits per heavy atom.